The quantitative estimate of drug-likeness (QED) is 0.758. The zero-order valence-electron chi connectivity index (χ0n) is 9.67. The first-order valence-electron chi connectivity index (χ1n) is 5.12. The Morgan fingerprint density at radius 3 is 2.56 bits per heavy atom. The topological polar surface area (TPSA) is 90.1 Å². The number of ether oxygens (including phenoxy) is 1. The highest BCUT2D eigenvalue weighted by Gasteiger charge is 2.40. The van der Waals surface area contributed by atoms with Gasteiger partial charge in [-0.05, 0) is 23.3 Å². The zero-order valence-corrected chi connectivity index (χ0v) is 9.67. The Kier molecular flexibility index (Phi) is 3.94. The van der Waals surface area contributed by atoms with Crippen molar-refractivity contribution in [2.75, 3.05) is 7.11 Å². The van der Waals surface area contributed by atoms with Crippen LogP contribution in [-0.2, 0) is 21.7 Å². The molecule has 1 rings (SSSR count). The highest BCUT2D eigenvalue weighted by Crippen LogP contribution is 2.25. The molecular weight excluding hydrogens is 212 g/mol. The second-order valence-corrected chi connectivity index (χ2v) is 3.48. The van der Waals surface area contributed by atoms with Gasteiger partial charge in [0.05, 0.1) is 0 Å². The van der Waals surface area contributed by atoms with Crippen molar-refractivity contribution in [3.8, 4) is 0 Å². The van der Waals surface area contributed by atoms with Crippen LogP contribution in [0.15, 0.2) is 0 Å². The monoisotopic (exact) mass is 228 g/mol. The standard InChI is InChI=1S/C9H16N4O3/c1-4-9(5-2,8(14)15)13-7(6-16-3)10-11-12-13/h4-6H2,1-3H3,(H,14,15). The SMILES string of the molecule is CCC(CC)(C(=O)O)n1nnnc1COC. The molecule has 0 saturated carbocycles. The summed E-state index contributed by atoms with van der Waals surface area (Å²) >= 11 is 0. The maximum absolute atomic E-state index is 11.4. The van der Waals surface area contributed by atoms with Crippen molar-refractivity contribution in [2.24, 2.45) is 0 Å². The first-order chi connectivity index (χ1) is 7.62. The molecule has 0 saturated heterocycles. The van der Waals surface area contributed by atoms with Crippen LogP contribution < -0.4 is 0 Å². The van der Waals surface area contributed by atoms with Gasteiger partial charge in [-0.2, -0.15) is 0 Å². The minimum absolute atomic E-state index is 0.196. The van der Waals surface area contributed by atoms with Crippen LogP contribution in [0.25, 0.3) is 0 Å². The number of rotatable bonds is 6. The molecule has 7 heteroatoms. The van der Waals surface area contributed by atoms with E-state index < -0.39 is 11.5 Å². The predicted octanol–water partition coefficient (Wildman–Crippen LogP) is 0.419. The van der Waals surface area contributed by atoms with E-state index in [0.29, 0.717) is 18.7 Å². The van der Waals surface area contributed by atoms with E-state index >= 15 is 0 Å². The Balaban J connectivity index is 3.20. The molecule has 0 bridgehead atoms. The summed E-state index contributed by atoms with van der Waals surface area (Å²) in [7, 11) is 1.51. The van der Waals surface area contributed by atoms with Crippen LogP contribution in [0.3, 0.4) is 0 Å². The molecule has 1 aromatic rings. The van der Waals surface area contributed by atoms with E-state index in [2.05, 4.69) is 15.5 Å². The minimum Gasteiger partial charge on any atom is -0.479 e. The maximum Gasteiger partial charge on any atom is 0.331 e. The van der Waals surface area contributed by atoms with Gasteiger partial charge in [0.15, 0.2) is 11.4 Å². The third kappa shape index (κ3) is 1.90. The van der Waals surface area contributed by atoms with E-state index in [0.717, 1.165) is 0 Å². The van der Waals surface area contributed by atoms with Gasteiger partial charge in [-0.3, -0.25) is 0 Å². The zero-order chi connectivity index (χ0) is 12.2. The van der Waals surface area contributed by atoms with Gasteiger partial charge in [0, 0.05) is 7.11 Å². The normalized spacial score (nSPS) is 11.7. The molecule has 0 aliphatic heterocycles. The molecule has 0 aromatic carbocycles. The van der Waals surface area contributed by atoms with E-state index in [-0.39, 0.29) is 6.61 Å². The minimum atomic E-state index is -1.09. The van der Waals surface area contributed by atoms with Crippen LogP contribution in [-0.4, -0.2) is 38.4 Å². The Morgan fingerprint density at radius 1 is 1.50 bits per heavy atom. The van der Waals surface area contributed by atoms with E-state index in [9.17, 15) is 9.90 Å². The fraction of sp³-hybridized carbons (Fsp3) is 0.778. The van der Waals surface area contributed by atoms with Gasteiger partial charge in [0.1, 0.15) is 6.61 Å². The fourth-order valence-electron chi connectivity index (χ4n) is 1.70. The molecule has 0 unspecified atom stereocenters. The van der Waals surface area contributed by atoms with Gasteiger partial charge < -0.3 is 9.84 Å². The van der Waals surface area contributed by atoms with Crippen molar-refractivity contribution in [3.05, 3.63) is 5.82 Å². The first-order valence-corrected chi connectivity index (χ1v) is 5.12. The molecule has 1 aromatic heterocycles. The lowest BCUT2D eigenvalue weighted by Crippen LogP contribution is -2.42. The molecule has 90 valence electrons. The summed E-state index contributed by atoms with van der Waals surface area (Å²) in [5.74, 6) is -0.504. The molecule has 0 fully saturated rings. The van der Waals surface area contributed by atoms with Crippen molar-refractivity contribution in [3.63, 3.8) is 0 Å². The number of aliphatic carboxylic acids is 1. The van der Waals surface area contributed by atoms with Gasteiger partial charge in [-0.15, -0.1) is 5.10 Å². The largest absolute Gasteiger partial charge is 0.479 e. The summed E-state index contributed by atoms with van der Waals surface area (Å²) < 4.78 is 6.28. The molecule has 0 aliphatic carbocycles. The molecule has 0 spiro atoms. The highest BCUT2D eigenvalue weighted by molar-refractivity contribution is 5.76. The van der Waals surface area contributed by atoms with Gasteiger partial charge in [0.2, 0.25) is 0 Å². The van der Waals surface area contributed by atoms with E-state index in [1.165, 1.54) is 11.8 Å². The van der Waals surface area contributed by atoms with E-state index in [1.54, 1.807) is 13.8 Å². The van der Waals surface area contributed by atoms with Crippen molar-refractivity contribution >= 4 is 5.97 Å². The predicted molar refractivity (Wildman–Crippen MR) is 54.7 cm³/mol. The Hall–Kier alpha value is -1.50. The number of aromatic nitrogens is 4. The highest BCUT2D eigenvalue weighted by atomic mass is 16.5. The maximum atomic E-state index is 11.4. The lowest BCUT2D eigenvalue weighted by molar-refractivity contribution is -0.149. The Bertz CT molecular complexity index is 359. The average Bonchev–Trinajstić information content (AvgIpc) is 2.70. The van der Waals surface area contributed by atoms with Crippen LogP contribution in [0.4, 0.5) is 0 Å². The van der Waals surface area contributed by atoms with Crippen molar-refractivity contribution in [2.45, 2.75) is 38.8 Å². The average molecular weight is 228 g/mol. The second kappa shape index (κ2) is 5.02. The number of methoxy groups -OCH3 is 1. The molecule has 0 aliphatic rings. The summed E-state index contributed by atoms with van der Waals surface area (Å²) in [6.45, 7) is 3.80. The molecule has 16 heavy (non-hydrogen) atoms. The van der Waals surface area contributed by atoms with Crippen LogP contribution in [0.5, 0.6) is 0 Å². The van der Waals surface area contributed by atoms with E-state index in [1.807, 2.05) is 0 Å². The summed E-state index contributed by atoms with van der Waals surface area (Å²) in [4.78, 5) is 11.4. The van der Waals surface area contributed by atoms with Gasteiger partial charge in [-0.1, -0.05) is 13.8 Å². The molecular formula is C9H16N4O3. The number of hydrogen-bond donors (Lipinski definition) is 1. The second-order valence-electron chi connectivity index (χ2n) is 3.48. The van der Waals surface area contributed by atoms with Crippen molar-refractivity contribution in [1.29, 1.82) is 0 Å². The number of carboxylic acid groups (broad SMARTS) is 1. The third-order valence-electron chi connectivity index (χ3n) is 2.78. The molecule has 1 heterocycles. The van der Waals surface area contributed by atoms with Gasteiger partial charge in [-0.25, -0.2) is 9.48 Å². The van der Waals surface area contributed by atoms with Crippen molar-refractivity contribution in [1.82, 2.24) is 20.2 Å². The number of hydrogen-bond acceptors (Lipinski definition) is 5. The first kappa shape index (κ1) is 12.6. The smallest absolute Gasteiger partial charge is 0.331 e. The third-order valence-corrected chi connectivity index (χ3v) is 2.78. The molecule has 7 nitrogen and oxygen atoms in total. The van der Waals surface area contributed by atoms with Gasteiger partial charge in [0.25, 0.3) is 0 Å². The van der Waals surface area contributed by atoms with Gasteiger partial charge >= 0.3 is 5.97 Å². The lowest BCUT2D eigenvalue weighted by atomic mass is 9.93. The van der Waals surface area contributed by atoms with Crippen LogP contribution >= 0.6 is 0 Å². The molecule has 0 atom stereocenters. The molecule has 0 amide bonds. The Morgan fingerprint density at radius 2 is 2.12 bits per heavy atom. The van der Waals surface area contributed by atoms with Crippen molar-refractivity contribution < 1.29 is 14.6 Å². The van der Waals surface area contributed by atoms with E-state index in [4.69, 9.17) is 4.74 Å². The number of nitrogens with zero attached hydrogens (tertiary/aromatic N) is 4. The Labute approximate surface area is 93.4 Å². The lowest BCUT2D eigenvalue weighted by Gasteiger charge is -2.27. The van der Waals surface area contributed by atoms with Crippen LogP contribution in [0.1, 0.15) is 32.5 Å². The summed E-state index contributed by atoms with van der Waals surface area (Å²) in [5, 5.41) is 20.4. The molecule has 1 N–H and O–H groups in total. The number of tetrazole rings is 1. The summed E-state index contributed by atoms with van der Waals surface area (Å²) in [6, 6.07) is 0. The summed E-state index contributed by atoms with van der Waals surface area (Å²) in [5.41, 5.74) is -1.09. The summed E-state index contributed by atoms with van der Waals surface area (Å²) in [6.07, 6.45) is 0.834. The van der Waals surface area contributed by atoms with Crippen LogP contribution in [0, 0.1) is 0 Å². The number of carbonyl (C=O) groups is 1. The fourth-order valence-corrected chi connectivity index (χ4v) is 1.70. The van der Waals surface area contributed by atoms with Crippen LogP contribution in [0.2, 0.25) is 0 Å². The number of carboxylic acids is 1. The molecule has 0 radical (unpaired) electrons.